The summed E-state index contributed by atoms with van der Waals surface area (Å²) in [5.41, 5.74) is 2.35. The predicted molar refractivity (Wildman–Crippen MR) is 101 cm³/mol. The summed E-state index contributed by atoms with van der Waals surface area (Å²) in [6.45, 7) is 1.79. The number of aromatic amines is 1. The smallest absolute Gasteiger partial charge is 0.267 e. The summed E-state index contributed by atoms with van der Waals surface area (Å²) in [5.74, 6) is -0.314. The third-order valence-electron chi connectivity index (χ3n) is 4.02. The summed E-state index contributed by atoms with van der Waals surface area (Å²) in [5, 5.41) is 7.23. The van der Waals surface area contributed by atoms with Gasteiger partial charge in [-0.3, -0.25) is 19.5 Å². The number of hydrogen-bond acceptors (Lipinski definition) is 4. The summed E-state index contributed by atoms with van der Waals surface area (Å²) in [4.78, 5) is 36.5. The molecule has 2 aromatic carbocycles. The molecule has 0 bridgehead atoms. The van der Waals surface area contributed by atoms with Gasteiger partial charge in [0, 0.05) is 18.2 Å². The Hall–Kier alpha value is -3.48. The molecule has 2 N–H and O–H groups in total. The van der Waals surface area contributed by atoms with Crippen LogP contribution in [0.4, 0.5) is 0 Å². The van der Waals surface area contributed by atoms with E-state index >= 15 is 0 Å². The number of hydrogen-bond donors (Lipinski definition) is 2. The molecule has 132 valence electrons. The molecule has 0 fully saturated rings. The van der Waals surface area contributed by atoms with Crippen LogP contribution in [0.5, 0.6) is 0 Å². The van der Waals surface area contributed by atoms with Crippen molar-refractivity contribution in [2.45, 2.75) is 19.4 Å². The molecule has 7 nitrogen and oxygen atoms in total. The van der Waals surface area contributed by atoms with Crippen LogP contribution in [0.15, 0.2) is 69.3 Å². The van der Waals surface area contributed by atoms with E-state index in [-0.39, 0.29) is 23.1 Å². The van der Waals surface area contributed by atoms with E-state index in [1.54, 1.807) is 55.5 Å². The average molecular weight is 350 g/mol. The highest BCUT2D eigenvalue weighted by Gasteiger charge is 2.11. The summed E-state index contributed by atoms with van der Waals surface area (Å²) in [7, 11) is 0. The molecule has 1 heterocycles. The highest BCUT2D eigenvalue weighted by molar-refractivity contribution is 5.94. The van der Waals surface area contributed by atoms with Crippen LogP contribution in [0.1, 0.15) is 29.7 Å². The van der Waals surface area contributed by atoms with Crippen LogP contribution in [0.2, 0.25) is 0 Å². The first-order valence-electron chi connectivity index (χ1n) is 8.18. The lowest BCUT2D eigenvalue weighted by molar-refractivity contribution is 0.0955. The number of benzene rings is 2. The topological polar surface area (TPSA) is 96.3 Å². The molecule has 0 saturated heterocycles. The lowest BCUT2D eigenvalue weighted by atomic mass is 10.2. The van der Waals surface area contributed by atoms with Crippen molar-refractivity contribution in [1.29, 1.82) is 0 Å². The fraction of sp³-hybridized carbons (Fsp3) is 0.158. The maximum Gasteiger partial charge on any atom is 0.273 e. The van der Waals surface area contributed by atoms with Gasteiger partial charge in [0.05, 0.1) is 16.8 Å². The zero-order valence-corrected chi connectivity index (χ0v) is 14.2. The van der Waals surface area contributed by atoms with Crippen LogP contribution >= 0.6 is 0 Å². The molecular weight excluding hydrogens is 332 g/mol. The summed E-state index contributed by atoms with van der Waals surface area (Å²) >= 11 is 0. The number of carbonyl (C=O) groups is 1. The van der Waals surface area contributed by atoms with E-state index in [4.69, 9.17) is 0 Å². The van der Waals surface area contributed by atoms with E-state index in [0.717, 1.165) is 0 Å². The maximum absolute atomic E-state index is 12.5. The molecule has 1 unspecified atom stereocenters. The molecule has 1 amide bonds. The lowest BCUT2D eigenvalue weighted by Crippen LogP contribution is -2.32. The third kappa shape index (κ3) is 3.61. The van der Waals surface area contributed by atoms with Gasteiger partial charge in [0.15, 0.2) is 0 Å². The second kappa shape index (κ2) is 7.60. The minimum atomic E-state index is -0.322. The summed E-state index contributed by atoms with van der Waals surface area (Å²) < 4.78 is 1.29. The first-order valence-corrected chi connectivity index (χ1v) is 8.18. The second-order valence-electron chi connectivity index (χ2n) is 5.87. The van der Waals surface area contributed by atoms with Crippen LogP contribution in [0.25, 0.3) is 10.8 Å². The van der Waals surface area contributed by atoms with Crippen LogP contribution in [-0.2, 0) is 0 Å². The molecule has 3 aromatic rings. The molecule has 0 radical (unpaired) electrons. The quantitative estimate of drug-likeness (QED) is 0.544. The number of rotatable bonds is 5. The van der Waals surface area contributed by atoms with Crippen LogP contribution in [-0.4, -0.2) is 21.9 Å². The molecule has 1 aromatic heterocycles. The van der Waals surface area contributed by atoms with E-state index in [1.807, 2.05) is 6.07 Å². The Kier molecular flexibility index (Phi) is 5.07. The standard InChI is InChI=1S/C19H18N4O3/c1-13(11-12-20-21-17(24)14-7-3-2-4-8-14)23-19(26)16-10-6-5-9-15(16)18(25)22-23/h2-10,12-13H,11H2,1H3,(H,21,24)(H,22,25)/b20-12+. The Labute approximate surface area is 149 Å². The first-order chi connectivity index (χ1) is 12.6. The van der Waals surface area contributed by atoms with Crippen LogP contribution < -0.4 is 16.5 Å². The summed E-state index contributed by atoms with van der Waals surface area (Å²) in [6, 6.07) is 15.1. The van der Waals surface area contributed by atoms with E-state index in [0.29, 0.717) is 22.8 Å². The Morgan fingerprint density at radius 2 is 1.77 bits per heavy atom. The molecule has 7 heteroatoms. The van der Waals surface area contributed by atoms with Crippen LogP contribution in [0.3, 0.4) is 0 Å². The monoisotopic (exact) mass is 350 g/mol. The van der Waals surface area contributed by atoms with Gasteiger partial charge >= 0.3 is 0 Å². The van der Waals surface area contributed by atoms with Gasteiger partial charge < -0.3 is 0 Å². The minimum Gasteiger partial charge on any atom is -0.267 e. The number of amides is 1. The number of carbonyl (C=O) groups excluding carboxylic acids is 1. The second-order valence-corrected chi connectivity index (χ2v) is 5.87. The van der Waals surface area contributed by atoms with E-state index in [1.165, 1.54) is 10.9 Å². The van der Waals surface area contributed by atoms with Crippen LogP contribution in [0, 0.1) is 0 Å². The Balaban J connectivity index is 1.71. The fourth-order valence-electron chi connectivity index (χ4n) is 2.60. The molecular formula is C19H18N4O3. The highest BCUT2D eigenvalue weighted by atomic mass is 16.2. The molecule has 0 spiro atoms. The van der Waals surface area contributed by atoms with E-state index < -0.39 is 0 Å². The van der Waals surface area contributed by atoms with Crippen molar-refractivity contribution in [3.8, 4) is 0 Å². The van der Waals surface area contributed by atoms with Crippen molar-refractivity contribution in [3.05, 3.63) is 80.9 Å². The van der Waals surface area contributed by atoms with E-state index in [2.05, 4.69) is 15.6 Å². The lowest BCUT2D eigenvalue weighted by Gasteiger charge is -2.13. The number of nitrogens with zero attached hydrogens (tertiary/aromatic N) is 2. The normalized spacial score (nSPS) is 12.3. The molecule has 26 heavy (non-hydrogen) atoms. The van der Waals surface area contributed by atoms with Crippen molar-refractivity contribution in [2.24, 2.45) is 5.10 Å². The number of hydrazone groups is 1. The fourth-order valence-corrected chi connectivity index (χ4v) is 2.60. The molecule has 0 aliphatic carbocycles. The van der Waals surface area contributed by atoms with Crippen molar-refractivity contribution in [1.82, 2.24) is 15.2 Å². The number of fused-ring (bicyclic) bond motifs is 1. The number of nitrogens with one attached hydrogen (secondary N) is 2. The molecule has 0 saturated carbocycles. The zero-order chi connectivity index (χ0) is 18.5. The van der Waals surface area contributed by atoms with Gasteiger partial charge in [-0.25, -0.2) is 10.1 Å². The van der Waals surface area contributed by atoms with Gasteiger partial charge in [-0.2, -0.15) is 5.10 Å². The van der Waals surface area contributed by atoms with E-state index in [9.17, 15) is 14.4 Å². The zero-order valence-electron chi connectivity index (χ0n) is 14.2. The molecule has 0 aliphatic rings. The minimum absolute atomic E-state index is 0.269. The predicted octanol–water partition coefficient (Wildman–Crippen LogP) is 2.06. The van der Waals surface area contributed by atoms with Crippen molar-refractivity contribution in [3.63, 3.8) is 0 Å². The molecule has 0 aliphatic heterocycles. The first kappa shape index (κ1) is 17.3. The molecule has 1 atom stereocenters. The summed E-state index contributed by atoms with van der Waals surface area (Å²) in [6.07, 6.45) is 1.87. The highest BCUT2D eigenvalue weighted by Crippen LogP contribution is 2.07. The van der Waals surface area contributed by atoms with Gasteiger partial charge in [-0.15, -0.1) is 0 Å². The Morgan fingerprint density at radius 3 is 2.50 bits per heavy atom. The largest absolute Gasteiger partial charge is 0.273 e. The Morgan fingerprint density at radius 1 is 1.12 bits per heavy atom. The average Bonchev–Trinajstić information content (AvgIpc) is 2.68. The SMILES string of the molecule is CC(C/C=N/NC(=O)c1ccccc1)n1[nH]c(=O)c2ccccc2c1=O. The van der Waals surface area contributed by atoms with Gasteiger partial charge in [0.25, 0.3) is 17.0 Å². The van der Waals surface area contributed by atoms with Gasteiger partial charge in [-0.1, -0.05) is 30.3 Å². The Bertz CT molecular complexity index is 1070. The number of aromatic nitrogens is 2. The third-order valence-corrected chi connectivity index (χ3v) is 4.02. The number of H-pyrrole nitrogens is 1. The van der Waals surface area contributed by atoms with Crippen molar-refractivity contribution < 1.29 is 4.79 Å². The van der Waals surface area contributed by atoms with Crippen molar-refractivity contribution >= 4 is 22.9 Å². The van der Waals surface area contributed by atoms with Gasteiger partial charge in [0.2, 0.25) is 0 Å². The molecule has 3 rings (SSSR count). The van der Waals surface area contributed by atoms with Crippen molar-refractivity contribution in [2.75, 3.05) is 0 Å². The maximum atomic E-state index is 12.5. The van der Waals surface area contributed by atoms with Gasteiger partial charge in [-0.05, 0) is 31.2 Å². The van der Waals surface area contributed by atoms with Gasteiger partial charge in [0.1, 0.15) is 0 Å².